The molecule has 1 aliphatic rings. The molecule has 2 rings (SSSR count). The van der Waals surface area contributed by atoms with Gasteiger partial charge in [-0.1, -0.05) is 22.0 Å². The molecule has 1 N–H and O–H groups in total. The first-order valence-corrected chi connectivity index (χ1v) is 5.85. The fourth-order valence-corrected chi connectivity index (χ4v) is 2.71. The van der Waals surface area contributed by atoms with Gasteiger partial charge >= 0.3 is 5.97 Å². The number of hydrogen-bond donors (Lipinski definition) is 1. The number of carboxylic acids is 1. The highest BCUT2D eigenvalue weighted by atomic mass is 79.9. The average molecular weight is 269 g/mol. The fourth-order valence-electron chi connectivity index (χ4n) is 2.30. The number of hydrogen-bond acceptors (Lipinski definition) is 1. The molecular weight excluding hydrogens is 256 g/mol. The highest BCUT2D eigenvalue weighted by Gasteiger charge is 2.38. The van der Waals surface area contributed by atoms with Gasteiger partial charge in [0.25, 0.3) is 0 Å². The van der Waals surface area contributed by atoms with Crippen molar-refractivity contribution in [2.75, 3.05) is 0 Å². The molecule has 1 aromatic carbocycles. The molecule has 0 amide bonds. The third-order valence-corrected chi connectivity index (χ3v) is 3.75. The Balaban J connectivity index is 2.56. The van der Waals surface area contributed by atoms with Crippen LogP contribution in [0.4, 0.5) is 0 Å². The molecule has 0 aromatic heterocycles. The van der Waals surface area contributed by atoms with Crippen LogP contribution in [0.1, 0.15) is 30.9 Å². The van der Waals surface area contributed by atoms with Crippen LogP contribution in [-0.2, 0) is 16.6 Å². The molecule has 1 unspecified atom stereocenters. The Morgan fingerprint density at radius 1 is 1.53 bits per heavy atom. The second kappa shape index (κ2) is 3.63. The molecular formula is C12H13BrO2. The molecule has 15 heavy (non-hydrogen) atoms. The van der Waals surface area contributed by atoms with Crippen molar-refractivity contribution in [3.05, 3.63) is 33.8 Å². The van der Waals surface area contributed by atoms with Gasteiger partial charge in [-0.15, -0.1) is 0 Å². The Morgan fingerprint density at radius 2 is 2.27 bits per heavy atom. The lowest BCUT2D eigenvalue weighted by Gasteiger charge is -2.32. The summed E-state index contributed by atoms with van der Waals surface area (Å²) in [6, 6.07) is 5.90. The van der Waals surface area contributed by atoms with Gasteiger partial charge in [-0.2, -0.15) is 0 Å². The SMILES string of the molecule is CC1(C(=O)O)CCCc2cc(Br)ccc21. The number of benzene rings is 1. The second-order valence-corrected chi connectivity index (χ2v) is 5.21. The smallest absolute Gasteiger partial charge is 0.313 e. The first-order valence-electron chi connectivity index (χ1n) is 5.06. The standard InChI is InChI=1S/C12H13BrO2/c1-12(11(14)15)6-2-3-8-7-9(13)4-5-10(8)12/h4-5,7H,2-3,6H2,1H3,(H,14,15). The highest BCUT2D eigenvalue weighted by Crippen LogP contribution is 2.38. The first-order chi connectivity index (χ1) is 7.04. The monoisotopic (exact) mass is 268 g/mol. The van der Waals surface area contributed by atoms with Gasteiger partial charge in [0.15, 0.2) is 0 Å². The maximum atomic E-state index is 11.3. The van der Waals surface area contributed by atoms with Crippen molar-refractivity contribution in [1.82, 2.24) is 0 Å². The molecule has 0 spiro atoms. The quantitative estimate of drug-likeness (QED) is 0.850. The van der Waals surface area contributed by atoms with Crippen molar-refractivity contribution in [2.45, 2.75) is 31.6 Å². The Morgan fingerprint density at radius 3 is 2.93 bits per heavy atom. The number of aliphatic carboxylic acids is 1. The zero-order valence-corrected chi connectivity index (χ0v) is 10.2. The number of fused-ring (bicyclic) bond motifs is 1. The Hall–Kier alpha value is -0.830. The maximum Gasteiger partial charge on any atom is 0.313 e. The van der Waals surface area contributed by atoms with Crippen LogP contribution in [0.3, 0.4) is 0 Å². The summed E-state index contributed by atoms with van der Waals surface area (Å²) >= 11 is 3.42. The first kappa shape index (κ1) is 10.7. The molecule has 0 aliphatic heterocycles. The van der Waals surface area contributed by atoms with Crippen molar-refractivity contribution >= 4 is 21.9 Å². The molecule has 3 heteroatoms. The van der Waals surface area contributed by atoms with Crippen LogP contribution in [0.15, 0.2) is 22.7 Å². The van der Waals surface area contributed by atoms with Gasteiger partial charge in [0.05, 0.1) is 5.41 Å². The summed E-state index contributed by atoms with van der Waals surface area (Å²) in [7, 11) is 0. The zero-order valence-electron chi connectivity index (χ0n) is 8.59. The maximum absolute atomic E-state index is 11.3. The lowest BCUT2D eigenvalue weighted by atomic mass is 9.71. The topological polar surface area (TPSA) is 37.3 Å². The van der Waals surface area contributed by atoms with E-state index in [1.54, 1.807) is 0 Å². The number of rotatable bonds is 1. The number of aryl methyl sites for hydroxylation is 1. The fraction of sp³-hybridized carbons (Fsp3) is 0.417. The van der Waals surface area contributed by atoms with Crippen LogP contribution in [-0.4, -0.2) is 11.1 Å². The summed E-state index contributed by atoms with van der Waals surface area (Å²) in [5.41, 5.74) is 1.44. The number of halogens is 1. The van der Waals surface area contributed by atoms with Gasteiger partial charge in [-0.3, -0.25) is 4.79 Å². The summed E-state index contributed by atoms with van der Waals surface area (Å²) < 4.78 is 1.02. The van der Waals surface area contributed by atoms with Crippen LogP contribution in [0, 0.1) is 0 Å². The predicted molar refractivity (Wildman–Crippen MR) is 62.1 cm³/mol. The average Bonchev–Trinajstić information content (AvgIpc) is 2.17. The summed E-state index contributed by atoms with van der Waals surface area (Å²) in [5, 5.41) is 9.30. The van der Waals surface area contributed by atoms with Gasteiger partial charge in [0.2, 0.25) is 0 Å². The van der Waals surface area contributed by atoms with Crippen molar-refractivity contribution in [1.29, 1.82) is 0 Å². The molecule has 0 saturated heterocycles. The number of carboxylic acid groups (broad SMARTS) is 1. The summed E-state index contributed by atoms with van der Waals surface area (Å²) in [4.78, 5) is 11.3. The van der Waals surface area contributed by atoms with Crippen molar-refractivity contribution in [3.63, 3.8) is 0 Å². The van der Waals surface area contributed by atoms with Crippen LogP contribution >= 0.6 is 15.9 Å². The molecule has 0 heterocycles. The predicted octanol–water partition coefficient (Wildman–Crippen LogP) is 3.13. The Kier molecular flexibility index (Phi) is 2.59. The van der Waals surface area contributed by atoms with E-state index in [0.717, 1.165) is 29.3 Å². The van der Waals surface area contributed by atoms with E-state index in [4.69, 9.17) is 0 Å². The van der Waals surface area contributed by atoms with Crippen LogP contribution < -0.4 is 0 Å². The molecule has 0 radical (unpaired) electrons. The van der Waals surface area contributed by atoms with E-state index in [9.17, 15) is 9.90 Å². The summed E-state index contributed by atoms with van der Waals surface area (Å²) in [6.07, 6.45) is 2.67. The molecule has 2 nitrogen and oxygen atoms in total. The third-order valence-electron chi connectivity index (χ3n) is 3.26. The minimum atomic E-state index is -0.717. The minimum Gasteiger partial charge on any atom is -0.481 e. The van der Waals surface area contributed by atoms with Gasteiger partial charge in [0, 0.05) is 4.47 Å². The third kappa shape index (κ3) is 1.69. The van der Waals surface area contributed by atoms with Crippen molar-refractivity contribution < 1.29 is 9.90 Å². The summed E-state index contributed by atoms with van der Waals surface area (Å²) in [6.45, 7) is 1.82. The van der Waals surface area contributed by atoms with E-state index < -0.39 is 11.4 Å². The molecule has 1 atom stereocenters. The van der Waals surface area contributed by atoms with Gasteiger partial charge in [-0.05, 0) is 49.4 Å². The molecule has 1 aromatic rings. The molecule has 1 aliphatic carbocycles. The molecule has 0 saturated carbocycles. The Bertz CT molecular complexity index is 414. The largest absolute Gasteiger partial charge is 0.481 e. The highest BCUT2D eigenvalue weighted by molar-refractivity contribution is 9.10. The van der Waals surface area contributed by atoms with Crippen LogP contribution in [0.2, 0.25) is 0 Å². The van der Waals surface area contributed by atoms with Gasteiger partial charge in [0.1, 0.15) is 0 Å². The Labute approximate surface area is 97.4 Å². The van der Waals surface area contributed by atoms with Gasteiger partial charge in [-0.25, -0.2) is 0 Å². The van der Waals surface area contributed by atoms with Gasteiger partial charge < -0.3 is 5.11 Å². The van der Waals surface area contributed by atoms with E-state index in [1.165, 1.54) is 5.56 Å². The van der Waals surface area contributed by atoms with Crippen molar-refractivity contribution in [3.8, 4) is 0 Å². The van der Waals surface area contributed by atoms with E-state index in [2.05, 4.69) is 15.9 Å². The molecule has 0 fully saturated rings. The zero-order chi connectivity index (χ0) is 11.1. The van der Waals surface area contributed by atoms with Crippen LogP contribution in [0.5, 0.6) is 0 Å². The van der Waals surface area contributed by atoms with E-state index in [0.29, 0.717) is 0 Å². The lowest BCUT2D eigenvalue weighted by Crippen LogP contribution is -2.36. The van der Waals surface area contributed by atoms with E-state index in [1.807, 2.05) is 25.1 Å². The van der Waals surface area contributed by atoms with E-state index in [-0.39, 0.29) is 0 Å². The summed E-state index contributed by atoms with van der Waals surface area (Å²) in [5.74, 6) is -0.717. The van der Waals surface area contributed by atoms with E-state index >= 15 is 0 Å². The molecule has 0 bridgehead atoms. The second-order valence-electron chi connectivity index (χ2n) is 4.29. The van der Waals surface area contributed by atoms with Crippen molar-refractivity contribution in [2.24, 2.45) is 0 Å². The lowest BCUT2D eigenvalue weighted by molar-refractivity contribution is -0.143. The minimum absolute atomic E-state index is 0.700. The molecule has 80 valence electrons. The number of carbonyl (C=O) groups is 1. The van der Waals surface area contributed by atoms with Crippen LogP contribution in [0.25, 0.3) is 0 Å². The normalized spacial score (nSPS) is 24.7.